The number of carbonyl (C=O) groups is 1. The van der Waals surface area contributed by atoms with Crippen LogP contribution in [-0.2, 0) is 4.79 Å². The first-order valence-electron chi connectivity index (χ1n) is 6.32. The Morgan fingerprint density at radius 3 is 2.32 bits per heavy atom. The normalized spacial score (nSPS) is 10.9. The summed E-state index contributed by atoms with van der Waals surface area (Å²) >= 11 is 2.18. The van der Waals surface area contributed by atoms with Gasteiger partial charge in [-0.1, -0.05) is 12.1 Å². The Bertz CT molecular complexity index is 655. The molecular weight excluding hydrogens is 403 g/mol. The fourth-order valence-corrected chi connectivity index (χ4v) is 2.01. The molecule has 0 bridgehead atoms. The second kappa shape index (κ2) is 7.88. The van der Waals surface area contributed by atoms with Crippen LogP contribution in [-0.4, -0.2) is 12.5 Å². The van der Waals surface area contributed by atoms with Gasteiger partial charge in [-0.05, 0) is 70.6 Å². The van der Waals surface area contributed by atoms with Gasteiger partial charge in [0.05, 0.1) is 0 Å². The Balaban J connectivity index is 1.93. The minimum Gasteiger partial charge on any atom is -0.435 e. The quantitative estimate of drug-likeness (QED) is 0.575. The van der Waals surface area contributed by atoms with Crippen LogP contribution in [0.2, 0.25) is 0 Å². The maximum atomic E-state index is 12.0. The van der Waals surface area contributed by atoms with E-state index in [-0.39, 0.29) is 11.7 Å². The van der Waals surface area contributed by atoms with E-state index in [0.29, 0.717) is 11.3 Å². The monoisotopic (exact) mass is 415 g/mol. The van der Waals surface area contributed by atoms with Crippen LogP contribution in [0.4, 0.5) is 14.5 Å². The number of halogens is 3. The van der Waals surface area contributed by atoms with Crippen LogP contribution >= 0.6 is 22.6 Å². The van der Waals surface area contributed by atoms with E-state index in [4.69, 9.17) is 0 Å². The highest BCUT2D eigenvalue weighted by Crippen LogP contribution is 2.16. The number of amides is 1. The first kappa shape index (κ1) is 16.4. The molecular formula is C16H12F2INO2. The number of rotatable bonds is 5. The minimum absolute atomic E-state index is 0.0792. The van der Waals surface area contributed by atoms with E-state index >= 15 is 0 Å². The average Bonchev–Trinajstić information content (AvgIpc) is 2.48. The first-order chi connectivity index (χ1) is 10.5. The topological polar surface area (TPSA) is 38.3 Å². The lowest BCUT2D eigenvalue weighted by Crippen LogP contribution is -2.07. The molecule has 0 aliphatic heterocycles. The van der Waals surface area contributed by atoms with Crippen molar-refractivity contribution in [3.8, 4) is 5.75 Å². The van der Waals surface area contributed by atoms with Crippen molar-refractivity contribution in [1.29, 1.82) is 0 Å². The molecule has 0 aliphatic carbocycles. The third-order valence-corrected chi connectivity index (χ3v) is 3.36. The predicted molar refractivity (Wildman–Crippen MR) is 89.9 cm³/mol. The van der Waals surface area contributed by atoms with Crippen molar-refractivity contribution in [2.24, 2.45) is 0 Å². The summed E-state index contributed by atoms with van der Waals surface area (Å²) in [5, 5.41) is 2.72. The second-order valence-corrected chi connectivity index (χ2v) is 5.52. The van der Waals surface area contributed by atoms with Gasteiger partial charge in [-0.2, -0.15) is 8.78 Å². The van der Waals surface area contributed by atoms with Gasteiger partial charge in [0.25, 0.3) is 0 Å². The van der Waals surface area contributed by atoms with Gasteiger partial charge in [-0.3, -0.25) is 4.79 Å². The van der Waals surface area contributed by atoms with E-state index in [1.807, 2.05) is 24.3 Å². The molecule has 0 saturated carbocycles. The highest BCUT2D eigenvalue weighted by molar-refractivity contribution is 14.1. The van der Waals surface area contributed by atoms with Crippen molar-refractivity contribution >= 4 is 40.3 Å². The van der Waals surface area contributed by atoms with Crippen LogP contribution in [0.5, 0.6) is 5.75 Å². The van der Waals surface area contributed by atoms with Crippen LogP contribution in [0.15, 0.2) is 54.6 Å². The summed E-state index contributed by atoms with van der Waals surface area (Å²) in [7, 11) is 0. The molecule has 2 aromatic carbocycles. The maximum Gasteiger partial charge on any atom is 0.387 e. The molecule has 2 rings (SSSR count). The molecule has 1 N–H and O–H groups in total. The van der Waals surface area contributed by atoms with Gasteiger partial charge in [0.1, 0.15) is 5.75 Å². The molecule has 0 spiro atoms. The molecule has 6 heteroatoms. The van der Waals surface area contributed by atoms with Crippen LogP contribution in [0.25, 0.3) is 6.08 Å². The van der Waals surface area contributed by atoms with Crippen LogP contribution in [0.1, 0.15) is 5.56 Å². The van der Waals surface area contributed by atoms with E-state index < -0.39 is 6.61 Å². The van der Waals surface area contributed by atoms with Crippen molar-refractivity contribution in [1.82, 2.24) is 0 Å². The predicted octanol–water partition coefficient (Wildman–Crippen LogP) is 4.54. The van der Waals surface area contributed by atoms with Crippen LogP contribution < -0.4 is 10.1 Å². The highest BCUT2D eigenvalue weighted by Gasteiger charge is 2.03. The van der Waals surface area contributed by atoms with Gasteiger partial charge in [-0.25, -0.2) is 0 Å². The lowest BCUT2D eigenvalue weighted by atomic mass is 10.2. The third kappa shape index (κ3) is 5.44. The summed E-state index contributed by atoms with van der Waals surface area (Å²) in [6.45, 7) is -2.85. The standard InChI is InChI=1S/C16H12F2INO2/c17-16(18)22-14-8-1-11(2-9-14)3-10-15(21)20-13-6-4-12(19)5-7-13/h1-10,16H,(H,20,21)/b10-3+. The van der Waals surface area contributed by atoms with E-state index in [2.05, 4.69) is 32.6 Å². The molecule has 0 saturated heterocycles. The number of nitrogens with one attached hydrogen (secondary N) is 1. The first-order valence-corrected chi connectivity index (χ1v) is 7.40. The largest absolute Gasteiger partial charge is 0.435 e. The summed E-state index contributed by atoms with van der Waals surface area (Å²) in [4.78, 5) is 11.8. The SMILES string of the molecule is O=C(/C=C/c1ccc(OC(F)F)cc1)Nc1ccc(I)cc1. The average molecular weight is 415 g/mol. The Morgan fingerprint density at radius 1 is 1.09 bits per heavy atom. The summed E-state index contributed by atoms with van der Waals surface area (Å²) in [6, 6.07) is 13.4. The Kier molecular flexibility index (Phi) is 5.88. The number of carbonyl (C=O) groups excluding carboxylic acids is 1. The summed E-state index contributed by atoms with van der Waals surface area (Å²) < 4.78 is 29.4. The molecule has 3 nitrogen and oxygen atoms in total. The number of hydrogen-bond acceptors (Lipinski definition) is 2. The van der Waals surface area contributed by atoms with Crippen molar-refractivity contribution in [3.63, 3.8) is 0 Å². The van der Waals surface area contributed by atoms with Gasteiger partial charge in [0.15, 0.2) is 0 Å². The van der Waals surface area contributed by atoms with Crippen molar-refractivity contribution < 1.29 is 18.3 Å². The number of anilines is 1. The Labute approximate surface area is 140 Å². The molecule has 0 unspecified atom stereocenters. The zero-order valence-electron chi connectivity index (χ0n) is 11.3. The summed E-state index contributed by atoms with van der Waals surface area (Å²) in [6.07, 6.45) is 2.97. The minimum atomic E-state index is -2.85. The number of alkyl halides is 2. The maximum absolute atomic E-state index is 12.0. The lowest BCUT2D eigenvalue weighted by molar-refractivity contribution is -0.111. The number of hydrogen-bond donors (Lipinski definition) is 1. The van der Waals surface area contributed by atoms with Crippen molar-refractivity contribution in [2.75, 3.05) is 5.32 Å². The summed E-state index contributed by atoms with van der Waals surface area (Å²) in [5.41, 5.74) is 1.41. The molecule has 0 aliphatic rings. The molecule has 0 atom stereocenters. The van der Waals surface area contributed by atoms with E-state index in [1.54, 1.807) is 18.2 Å². The molecule has 0 radical (unpaired) electrons. The molecule has 0 aromatic heterocycles. The number of ether oxygens (including phenoxy) is 1. The van der Waals surface area contributed by atoms with Gasteiger partial charge < -0.3 is 10.1 Å². The zero-order valence-corrected chi connectivity index (χ0v) is 13.5. The Morgan fingerprint density at radius 2 is 1.73 bits per heavy atom. The van der Waals surface area contributed by atoms with E-state index in [0.717, 1.165) is 3.57 Å². The zero-order chi connectivity index (χ0) is 15.9. The molecule has 22 heavy (non-hydrogen) atoms. The van der Waals surface area contributed by atoms with Gasteiger partial charge >= 0.3 is 6.61 Å². The second-order valence-electron chi connectivity index (χ2n) is 4.28. The van der Waals surface area contributed by atoms with Crippen LogP contribution in [0.3, 0.4) is 0 Å². The molecule has 0 heterocycles. The smallest absolute Gasteiger partial charge is 0.387 e. The molecule has 114 valence electrons. The summed E-state index contributed by atoms with van der Waals surface area (Å²) in [5.74, 6) is -0.190. The molecule has 0 fully saturated rings. The molecule has 2 aromatic rings. The van der Waals surface area contributed by atoms with Gasteiger partial charge in [0, 0.05) is 15.3 Å². The highest BCUT2D eigenvalue weighted by atomic mass is 127. The fraction of sp³-hybridized carbons (Fsp3) is 0.0625. The fourth-order valence-electron chi connectivity index (χ4n) is 1.65. The molecule has 1 amide bonds. The number of benzene rings is 2. The lowest BCUT2D eigenvalue weighted by Gasteiger charge is -2.04. The van der Waals surface area contributed by atoms with E-state index in [1.165, 1.54) is 18.2 Å². The Hall–Kier alpha value is -1.96. The van der Waals surface area contributed by atoms with Gasteiger partial charge in [0.2, 0.25) is 5.91 Å². The third-order valence-electron chi connectivity index (χ3n) is 2.64. The van der Waals surface area contributed by atoms with Crippen molar-refractivity contribution in [2.45, 2.75) is 6.61 Å². The van der Waals surface area contributed by atoms with E-state index in [9.17, 15) is 13.6 Å². The van der Waals surface area contributed by atoms with Crippen LogP contribution in [0, 0.1) is 3.57 Å². The van der Waals surface area contributed by atoms with Crippen molar-refractivity contribution in [3.05, 3.63) is 63.7 Å². The van der Waals surface area contributed by atoms with Gasteiger partial charge in [-0.15, -0.1) is 0 Å².